The summed E-state index contributed by atoms with van der Waals surface area (Å²) in [5.41, 5.74) is 4.27. The minimum Gasteiger partial charge on any atom is -0.263 e. The Bertz CT molecular complexity index is 521. The summed E-state index contributed by atoms with van der Waals surface area (Å²) in [6.07, 6.45) is 8.86. The van der Waals surface area contributed by atoms with Crippen molar-refractivity contribution < 1.29 is 0 Å². The first-order valence-corrected chi connectivity index (χ1v) is 4.78. The van der Waals surface area contributed by atoms with Crippen LogP contribution in [0.15, 0.2) is 42.7 Å². The molecule has 0 radical (unpaired) electrons. The fraction of sp³-hybridized carbons (Fsp3) is 0.0714. The molecule has 0 aliphatic carbocycles. The van der Waals surface area contributed by atoms with Crippen LogP contribution in [0.4, 0.5) is 0 Å². The number of rotatable bonds is 1. The Hall–Kier alpha value is -2.07. The highest BCUT2D eigenvalue weighted by atomic mass is 14.6. The second-order valence-electron chi connectivity index (χ2n) is 3.48. The quantitative estimate of drug-likeness (QED) is 0.634. The Kier molecular flexibility index (Phi) is 2.51. The number of hydrogen-bond donors (Lipinski definition) is 0. The monoisotopic (exact) mass is 193 g/mol. The van der Waals surface area contributed by atoms with E-state index >= 15 is 0 Å². The van der Waals surface area contributed by atoms with E-state index in [9.17, 15) is 0 Å². The van der Waals surface area contributed by atoms with E-state index in [-0.39, 0.29) is 0 Å². The van der Waals surface area contributed by atoms with Crippen molar-refractivity contribution in [1.82, 2.24) is 4.98 Å². The molecule has 0 saturated heterocycles. The molecule has 1 aromatic heterocycles. The lowest BCUT2D eigenvalue weighted by Crippen LogP contribution is -1.83. The van der Waals surface area contributed by atoms with Crippen LogP contribution in [0.1, 0.15) is 11.1 Å². The largest absolute Gasteiger partial charge is 0.263 e. The summed E-state index contributed by atoms with van der Waals surface area (Å²) >= 11 is 0. The van der Waals surface area contributed by atoms with Crippen molar-refractivity contribution in [2.75, 3.05) is 0 Å². The van der Waals surface area contributed by atoms with Crippen LogP contribution in [0.3, 0.4) is 0 Å². The van der Waals surface area contributed by atoms with Crippen molar-refractivity contribution >= 4 is 0 Å². The first-order valence-electron chi connectivity index (χ1n) is 4.78. The lowest BCUT2D eigenvalue weighted by Gasteiger charge is -2.02. The fourth-order valence-electron chi connectivity index (χ4n) is 1.50. The van der Waals surface area contributed by atoms with Gasteiger partial charge in [0.2, 0.25) is 0 Å². The zero-order valence-electron chi connectivity index (χ0n) is 8.57. The molecule has 2 aromatic rings. The molecule has 0 aliphatic rings. The maximum absolute atomic E-state index is 5.34. The SMILES string of the molecule is C#Cc1cncc(-c2cccc(C)c2)c1. The number of hydrogen-bond acceptors (Lipinski definition) is 1. The maximum Gasteiger partial charge on any atom is 0.0432 e. The van der Waals surface area contributed by atoms with Crippen LogP contribution in [0, 0.1) is 19.3 Å². The van der Waals surface area contributed by atoms with Gasteiger partial charge in [-0.2, -0.15) is 0 Å². The normalized spacial score (nSPS) is 9.60. The van der Waals surface area contributed by atoms with E-state index in [0.29, 0.717) is 0 Å². The minimum absolute atomic E-state index is 0.814. The molecule has 2 rings (SSSR count). The number of benzene rings is 1. The summed E-state index contributed by atoms with van der Waals surface area (Å²) in [5, 5.41) is 0. The smallest absolute Gasteiger partial charge is 0.0432 e. The van der Waals surface area contributed by atoms with Gasteiger partial charge < -0.3 is 0 Å². The highest BCUT2D eigenvalue weighted by molar-refractivity contribution is 5.64. The van der Waals surface area contributed by atoms with Gasteiger partial charge in [-0.3, -0.25) is 4.98 Å². The van der Waals surface area contributed by atoms with E-state index in [1.165, 1.54) is 5.56 Å². The van der Waals surface area contributed by atoms with E-state index in [4.69, 9.17) is 6.42 Å². The molecule has 0 spiro atoms. The van der Waals surface area contributed by atoms with Gasteiger partial charge in [-0.25, -0.2) is 0 Å². The summed E-state index contributed by atoms with van der Waals surface area (Å²) in [7, 11) is 0. The van der Waals surface area contributed by atoms with Crippen LogP contribution >= 0.6 is 0 Å². The molecule has 1 aromatic carbocycles. The third-order valence-corrected chi connectivity index (χ3v) is 2.26. The number of aromatic nitrogens is 1. The molecule has 0 fully saturated rings. The molecule has 0 bridgehead atoms. The van der Waals surface area contributed by atoms with Gasteiger partial charge in [-0.1, -0.05) is 35.7 Å². The van der Waals surface area contributed by atoms with Gasteiger partial charge in [0.15, 0.2) is 0 Å². The van der Waals surface area contributed by atoms with Gasteiger partial charge in [0.1, 0.15) is 0 Å². The molecule has 0 N–H and O–H groups in total. The van der Waals surface area contributed by atoms with Crippen LogP contribution in [0.2, 0.25) is 0 Å². The van der Waals surface area contributed by atoms with E-state index in [2.05, 4.69) is 36.0 Å². The van der Waals surface area contributed by atoms with Crippen molar-refractivity contribution in [2.45, 2.75) is 6.92 Å². The predicted molar refractivity (Wildman–Crippen MR) is 62.3 cm³/mol. The van der Waals surface area contributed by atoms with Gasteiger partial charge in [0.05, 0.1) is 0 Å². The zero-order valence-corrected chi connectivity index (χ0v) is 8.57. The second kappa shape index (κ2) is 3.98. The topological polar surface area (TPSA) is 12.9 Å². The van der Waals surface area contributed by atoms with Crippen LogP contribution in [-0.4, -0.2) is 4.98 Å². The third-order valence-electron chi connectivity index (χ3n) is 2.26. The number of terminal acetylenes is 1. The van der Waals surface area contributed by atoms with Crippen LogP contribution in [0.25, 0.3) is 11.1 Å². The highest BCUT2D eigenvalue weighted by Gasteiger charge is 1.98. The van der Waals surface area contributed by atoms with Crippen molar-refractivity contribution in [3.05, 3.63) is 53.9 Å². The van der Waals surface area contributed by atoms with Gasteiger partial charge >= 0.3 is 0 Å². The van der Waals surface area contributed by atoms with Gasteiger partial charge in [-0.05, 0) is 18.6 Å². The van der Waals surface area contributed by atoms with E-state index in [0.717, 1.165) is 16.7 Å². The summed E-state index contributed by atoms with van der Waals surface area (Å²) < 4.78 is 0. The summed E-state index contributed by atoms with van der Waals surface area (Å²) in [5.74, 6) is 2.59. The number of aryl methyl sites for hydroxylation is 1. The van der Waals surface area contributed by atoms with E-state index < -0.39 is 0 Å². The predicted octanol–water partition coefficient (Wildman–Crippen LogP) is 3.04. The Morgan fingerprint density at radius 1 is 1.13 bits per heavy atom. The van der Waals surface area contributed by atoms with Gasteiger partial charge in [0.25, 0.3) is 0 Å². The molecule has 0 aliphatic heterocycles. The lowest BCUT2D eigenvalue weighted by molar-refractivity contribution is 1.31. The van der Waals surface area contributed by atoms with Crippen LogP contribution in [-0.2, 0) is 0 Å². The Labute approximate surface area is 89.8 Å². The summed E-state index contributed by atoms with van der Waals surface area (Å²) in [6, 6.07) is 10.3. The van der Waals surface area contributed by atoms with Crippen LogP contribution < -0.4 is 0 Å². The Balaban J connectivity index is 2.50. The van der Waals surface area contributed by atoms with E-state index in [1.54, 1.807) is 6.20 Å². The average molecular weight is 193 g/mol. The minimum atomic E-state index is 0.814. The first-order chi connectivity index (χ1) is 7.29. The Morgan fingerprint density at radius 2 is 2.00 bits per heavy atom. The third kappa shape index (κ3) is 2.05. The van der Waals surface area contributed by atoms with Crippen molar-refractivity contribution in [1.29, 1.82) is 0 Å². The summed E-state index contributed by atoms with van der Waals surface area (Å²) in [6.45, 7) is 2.07. The zero-order chi connectivity index (χ0) is 10.7. The van der Waals surface area contributed by atoms with Crippen molar-refractivity contribution in [3.8, 4) is 23.5 Å². The van der Waals surface area contributed by atoms with Gasteiger partial charge in [0, 0.05) is 23.5 Å². The standard InChI is InChI=1S/C14H11N/c1-3-12-8-14(10-15-9-12)13-6-4-5-11(2)7-13/h1,4-10H,2H3. The van der Waals surface area contributed by atoms with Gasteiger partial charge in [-0.15, -0.1) is 6.42 Å². The van der Waals surface area contributed by atoms with Crippen molar-refractivity contribution in [3.63, 3.8) is 0 Å². The molecule has 15 heavy (non-hydrogen) atoms. The number of nitrogens with zero attached hydrogens (tertiary/aromatic N) is 1. The highest BCUT2D eigenvalue weighted by Crippen LogP contribution is 2.19. The molecule has 1 nitrogen and oxygen atoms in total. The lowest BCUT2D eigenvalue weighted by atomic mass is 10.0. The van der Waals surface area contributed by atoms with E-state index in [1.807, 2.05) is 18.3 Å². The molecule has 0 unspecified atom stereocenters. The number of pyridine rings is 1. The first kappa shape index (κ1) is 9.48. The Morgan fingerprint density at radius 3 is 2.73 bits per heavy atom. The fourth-order valence-corrected chi connectivity index (χ4v) is 1.50. The van der Waals surface area contributed by atoms with Crippen LogP contribution in [0.5, 0.6) is 0 Å². The molecule has 0 atom stereocenters. The average Bonchev–Trinajstić information content (AvgIpc) is 2.29. The molecule has 72 valence electrons. The molecular formula is C14H11N. The maximum atomic E-state index is 5.34. The molecule has 1 heterocycles. The molecular weight excluding hydrogens is 182 g/mol. The second-order valence-corrected chi connectivity index (χ2v) is 3.48. The molecule has 0 amide bonds. The molecule has 1 heteroatoms. The van der Waals surface area contributed by atoms with Crippen molar-refractivity contribution in [2.24, 2.45) is 0 Å². The molecule has 0 saturated carbocycles. The summed E-state index contributed by atoms with van der Waals surface area (Å²) in [4.78, 5) is 4.12.